The molecule has 2 heterocycles. The Balaban J connectivity index is 2.07. The van der Waals surface area contributed by atoms with E-state index in [1.54, 1.807) is 0 Å². The molecule has 0 aromatic carbocycles. The molecule has 1 saturated heterocycles. The van der Waals surface area contributed by atoms with Crippen molar-refractivity contribution in [1.29, 1.82) is 0 Å². The lowest BCUT2D eigenvalue weighted by Gasteiger charge is -2.18. The summed E-state index contributed by atoms with van der Waals surface area (Å²) < 4.78 is 0. The average Bonchev–Trinajstić information content (AvgIpc) is 2.75. The number of nitrogens with zero attached hydrogens (tertiary/aromatic N) is 2. The molecule has 2 rings (SSSR count). The largest absolute Gasteiger partial charge is 0.370 e. The number of hydrogen-bond acceptors (Lipinski definition) is 3. The molecule has 1 aromatic heterocycles. The Labute approximate surface area is 97.7 Å². The summed E-state index contributed by atoms with van der Waals surface area (Å²) in [6.45, 7) is 6.69. The van der Waals surface area contributed by atoms with E-state index < -0.39 is 0 Å². The van der Waals surface area contributed by atoms with Crippen LogP contribution in [0.5, 0.6) is 0 Å². The molecule has 1 aliphatic heterocycles. The van der Waals surface area contributed by atoms with Crippen LogP contribution in [0.15, 0.2) is 18.3 Å². The third-order valence-electron chi connectivity index (χ3n) is 3.38. The van der Waals surface area contributed by atoms with Gasteiger partial charge in [0.25, 0.3) is 0 Å². The predicted octanol–water partition coefficient (Wildman–Crippen LogP) is 2.34. The van der Waals surface area contributed by atoms with Crippen LogP contribution in [0.25, 0.3) is 0 Å². The number of nitrogens with two attached hydrogens (primary N) is 1. The summed E-state index contributed by atoms with van der Waals surface area (Å²) in [5.41, 5.74) is 8.18. The highest BCUT2D eigenvalue weighted by Gasteiger charge is 2.19. The third kappa shape index (κ3) is 2.35. The number of aromatic nitrogens is 1. The van der Waals surface area contributed by atoms with Crippen LogP contribution in [0.3, 0.4) is 0 Å². The number of anilines is 1. The normalized spacial score (nSPS) is 22.4. The van der Waals surface area contributed by atoms with Crippen molar-refractivity contribution in [2.75, 3.05) is 18.0 Å². The molecule has 0 amide bonds. The van der Waals surface area contributed by atoms with Gasteiger partial charge in [-0.25, -0.2) is 0 Å². The highest BCUT2D eigenvalue weighted by Crippen LogP contribution is 2.23. The van der Waals surface area contributed by atoms with Crippen LogP contribution in [-0.4, -0.2) is 18.1 Å². The van der Waals surface area contributed by atoms with Crippen molar-refractivity contribution in [3.8, 4) is 0 Å². The molecule has 1 aliphatic rings. The van der Waals surface area contributed by atoms with Crippen LogP contribution in [0.4, 0.5) is 5.69 Å². The number of pyridine rings is 1. The molecule has 1 fully saturated rings. The summed E-state index contributed by atoms with van der Waals surface area (Å²) in [4.78, 5) is 6.85. The summed E-state index contributed by atoms with van der Waals surface area (Å²) in [6.07, 6.45) is 4.19. The summed E-state index contributed by atoms with van der Waals surface area (Å²) in [6, 6.07) is 4.29. The van der Waals surface area contributed by atoms with E-state index in [1.807, 2.05) is 6.20 Å². The fraction of sp³-hybridized carbons (Fsp3) is 0.615. The molecule has 3 heteroatoms. The van der Waals surface area contributed by atoms with E-state index in [9.17, 15) is 0 Å². The number of hydrogen-bond donors (Lipinski definition) is 1. The lowest BCUT2D eigenvalue weighted by molar-refractivity contribution is 0.658. The van der Waals surface area contributed by atoms with Gasteiger partial charge in [-0.1, -0.05) is 13.8 Å². The van der Waals surface area contributed by atoms with Gasteiger partial charge >= 0.3 is 0 Å². The van der Waals surface area contributed by atoms with Gasteiger partial charge in [0.05, 0.1) is 17.6 Å². The van der Waals surface area contributed by atoms with Gasteiger partial charge in [-0.05, 0) is 30.9 Å². The van der Waals surface area contributed by atoms with Crippen LogP contribution in [-0.2, 0) is 0 Å². The zero-order chi connectivity index (χ0) is 11.5. The van der Waals surface area contributed by atoms with Crippen molar-refractivity contribution < 1.29 is 0 Å². The van der Waals surface area contributed by atoms with Gasteiger partial charge in [0.15, 0.2) is 0 Å². The molecule has 2 atom stereocenters. The van der Waals surface area contributed by atoms with E-state index in [-0.39, 0.29) is 6.04 Å². The molecule has 16 heavy (non-hydrogen) atoms. The molecule has 0 aliphatic carbocycles. The van der Waals surface area contributed by atoms with Crippen LogP contribution in [0.2, 0.25) is 0 Å². The first-order valence-corrected chi connectivity index (χ1v) is 6.17. The lowest BCUT2D eigenvalue weighted by Crippen LogP contribution is -2.19. The molecule has 0 bridgehead atoms. The molecule has 1 unspecified atom stereocenters. The second-order valence-electron chi connectivity index (χ2n) is 4.80. The Morgan fingerprint density at radius 1 is 1.56 bits per heavy atom. The van der Waals surface area contributed by atoms with Crippen LogP contribution >= 0.6 is 0 Å². The summed E-state index contributed by atoms with van der Waals surface area (Å²) >= 11 is 0. The highest BCUT2D eigenvalue weighted by atomic mass is 15.2. The Hall–Kier alpha value is -1.09. The lowest BCUT2D eigenvalue weighted by atomic mass is 10.1. The zero-order valence-electron chi connectivity index (χ0n) is 10.2. The summed E-state index contributed by atoms with van der Waals surface area (Å²) in [7, 11) is 0. The molecule has 1 aromatic rings. The predicted molar refractivity (Wildman–Crippen MR) is 67.5 cm³/mol. The van der Waals surface area contributed by atoms with Crippen molar-refractivity contribution in [1.82, 2.24) is 4.98 Å². The van der Waals surface area contributed by atoms with Crippen molar-refractivity contribution in [3.05, 3.63) is 24.0 Å². The van der Waals surface area contributed by atoms with Crippen molar-refractivity contribution in [3.63, 3.8) is 0 Å². The second kappa shape index (κ2) is 4.83. The topological polar surface area (TPSA) is 42.1 Å². The van der Waals surface area contributed by atoms with E-state index in [0.717, 1.165) is 31.1 Å². The Morgan fingerprint density at radius 2 is 2.38 bits per heavy atom. The molecule has 0 radical (unpaired) electrons. The smallest absolute Gasteiger partial charge is 0.0572 e. The van der Waals surface area contributed by atoms with Gasteiger partial charge in [0, 0.05) is 19.1 Å². The Kier molecular flexibility index (Phi) is 3.44. The van der Waals surface area contributed by atoms with Gasteiger partial charge in [-0.3, -0.25) is 4.98 Å². The van der Waals surface area contributed by atoms with Gasteiger partial charge < -0.3 is 10.6 Å². The maximum atomic E-state index is 5.94. The van der Waals surface area contributed by atoms with E-state index in [2.05, 4.69) is 35.9 Å². The molecule has 3 nitrogen and oxygen atoms in total. The quantitative estimate of drug-likeness (QED) is 0.848. The van der Waals surface area contributed by atoms with E-state index in [1.165, 1.54) is 12.1 Å². The minimum atomic E-state index is 0.0755. The first kappa shape index (κ1) is 11.4. The first-order chi connectivity index (χ1) is 7.70. The standard InChI is InChI=1S/C13H21N3/c1-3-12(14)13-5-4-11(8-15-13)16-7-6-10(2)9-16/h4-5,8,10,12H,3,6-7,9,14H2,1-2H3/t10?,12-/m0/s1. The van der Waals surface area contributed by atoms with E-state index >= 15 is 0 Å². The minimum Gasteiger partial charge on any atom is -0.370 e. The number of rotatable bonds is 3. The monoisotopic (exact) mass is 219 g/mol. The molecule has 0 spiro atoms. The van der Waals surface area contributed by atoms with E-state index in [4.69, 9.17) is 5.73 Å². The maximum absolute atomic E-state index is 5.94. The second-order valence-corrected chi connectivity index (χ2v) is 4.80. The fourth-order valence-electron chi connectivity index (χ4n) is 2.18. The molecule has 88 valence electrons. The van der Waals surface area contributed by atoms with Crippen LogP contribution < -0.4 is 10.6 Å². The van der Waals surface area contributed by atoms with E-state index in [0.29, 0.717) is 0 Å². The minimum absolute atomic E-state index is 0.0755. The SMILES string of the molecule is CC[C@H](N)c1ccc(N2CCC(C)C2)cn1. The Bertz CT molecular complexity index is 334. The van der Waals surface area contributed by atoms with Gasteiger partial charge in [-0.2, -0.15) is 0 Å². The molecule has 2 N–H and O–H groups in total. The highest BCUT2D eigenvalue weighted by molar-refractivity contribution is 5.45. The molecule has 0 saturated carbocycles. The summed E-state index contributed by atoms with van der Waals surface area (Å²) in [5.74, 6) is 0.803. The first-order valence-electron chi connectivity index (χ1n) is 6.17. The third-order valence-corrected chi connectivity index (χ3v) is 3.38. The Morgan fingerprint density at radius 3 is 2.88 bits per heavy atom. The van der Waals surface area contributed by atoms with Crippen molar-refractivity contribution in [2.24, 2.45) is 11.7 Å². The molecular weight excluding hydrogens is 198 g/mol. The summed E-state index contributed by atoms with van der Waals surface area (Å²) in [5, 5.41) is 0. The zero-order valence-corrected chi connectivity index (χ0v) is 10.2. The van der Waals surface area contributed by atoms with Gasteiger partial charge in [0.2, 0.25) is 0 Å². The van der Waals surface area contributed by atoms with Crippen molar-refractivity contribution in [2.45, 2.75) is 32.7 Å². The van der Waals surface area contributed by atoms with Crippen LogP contribution in [0, 0.1) is 5.92 Å². The average molecular weight is 219 g/mol. The maximum Gasteiger partial charge on any atom is 0.0572 e. The van der Waals surface area contributed by atoms with Crippen molar-refractivity contribution >= 4 is 5.69 Å². The van der Waals surface area contributed by atoms with Gasteiger partial charge in [0.1, 0.15) is 0 Å². The fourth-order valence-corrected chi connectivity index (χ4v) is 2.18. The van der Waals surface area contributed by atoms with Gasteiger partial charge in [-0.15, -0.1) is 0 Å². The molecular formula is C13H21N3. The van der Waals surface area contributed by atoms with Crippen LogP contribution in [0.1, 0.15) is 38.4 Å².